The van der Waals surface area contributed by atoms with Crippen LogP contribution in [0.2, 0.25) is 0 Å². The van der Waals surface area contributed by atoms with Crippen LogP contribution in [0.25, 0.3) is 5.65 Å². The van der Waals surface area contributed by atoms with Gasteiger partial charge in [-0.25, -0.2) is 23.1 Å². The number of hydroxylamine groups is 2. The Morgan fingerprint density at radius 2 is 1.94 bits per heavy atom. The molecule has 11 heteroatoms. The maximum absolute atomic E-state index is 14.5. The second kappa shape index (κ2) is 9.74. The monoisotopic (exact) mass is 485 g/mol. The molecule has 1 aromatic carbocycles. The van der Waals surface area contributed by atoms with Crippen molar-refractivity contribution in [2.24, 2.45) is 0 Å². The summed E-state index contributed by atoms with van der Waals surface area (Å²) < 4.78 is 29.9. The van der Waals surface area contributed by atoms with Crippen LogP contribution in [0.3, 0.4) is 0 Å². The van der Waals surface area contributed by atoms with Gasteiger partial charge in [0, 0.05) is 44.5 Å². The van der Waals surface area contributed by atoms with Gasteiger partial charge in [-0.3, -0.25) is 4.84 Å². The zero-order valence-electron chi connectivity index (χ0n) is 19.8. The standard InChI is InChI=1S/C24H29F2N7O2/c1-16(2)35-31-12-10-30(11-13-31)24(34)28-20-15-27-33-9-7-22(29-23(20)33)32-8-3-4-21(32)18-14-17(25)5-6-19(18)26/h5-7,9,14-16,21H,3-4,8,10-13H2,1-2H3,(H,28,34). The van der Waals surface area contributed by atoms with Crippen LogP contribution in [0.4, 0.5) is 25.1 Å². The van der Waals surface area contributed by atoms with Gasteiger partial charge >= 0.3 is 6.03 Å². The van der Waals surface area contributed by atoms with E-state index >= 15 is 0 Å². The van der Waals surface area contributed by atoms with Crippen LogP contribution in [0.1, 0.15) is 38.3 Å². The molecule has 1 N–H and O–H groups in total. The summed E-state index contributed by atoms with van der Waals surface area (Å²) in [6, 6.07) is 4.81. The van der Waals surface area contributed by atoms with Gasteiger partial charge < -0.3 is 15.1 Å². The number of urea groups is 1. The Morgan fingerprint density at radius 3 is 2.71 bits per heavy atom. The normalized spacial score (nSPS) is 19.2. The number of aromatic nitrogens is 3. The average Bonchev–Trinajstić information content (AvgIpc) is 3.48. The summed E-state index contributed by atoms with van der Waals surface area (Å²) in [5.74, 6) is -0.270. The van der Waals surface area contributed by atoms with Gasteiger partial charge in [-0.1, -0.05) is 0 Å². The van der Waals surface area contributed by atoms with Crippen LogP contribution in [0.15, 0.2) is 36.7 Å². The summed E-state index contributed by atoms with van der Waals surface area (Å²) in [4.78, 5) is 27.0. The van der Waals surface area contributed by atoms with Gasteiger partial charge in [-0.05, 0) is 51.0 Å². The summed E-state index contributed by atoms with van der Waals surface area (Å²) in [7, 11) is 0. The first-order valence-corrected chi connectivity index (χ1v) is 11.9. The first-order chi connectivity index (χ1) is 16.9. The number of nitrogens with one attached hydrogen (secondary N) is 1. The lowest BCUT2D eigenvalue weighted by atomic mass is 10.0. The third kappa shape index (κ3) is 4.92. The lowest BCUT2D eigenvalue weighted by Crippen LogP contribution is -2.50. The molecule has 0 aliphatic carbocycles. The Bertz CT molecular complexity index is 1210. The third-order valence-corrected chi connectivity index (χ3v) is 6.35. The summed E-state index contributed by atoms with van der Waals surface area (Å²) in [5.41, 5.74) is 1.31. The Kier molecular flexibility index (Phi) is 6.52. The molecule has 1 atom stereocenters. The SMILES string of the molecule is CC(C)ON1CCN(C(=O)Nc2cnn3ccc(N4CCCC4c4cc(F)ccc4F)nc23)CC1. The van der Waals surface area contributed by atoms with Crippen molar-refractivity contribution in [2.75, 3.05) is 42.9 Å². The van der Waals surface area contributed by atoms with E-state index in [2.05, 4.69) is 10.4 Å². The molecule has 1 unspecified atom stereocenters. The summed E-state index contributed by atoms with van der Waals surface area (Å²) in [6.07, 6.45) is 4.95. The zero-order chi connectivity index (χ0) is 24.5. The van der Waals surface area contributed by atoms with Crippen molar-refractivity contribution >= 4 is 23.2 Å². The predicted octanol–water partition coefficient (Wildman–Crippen LogP) is 3.84. The molecule has 5 rings (SSSR count). The highest BCUT2D eigenvalue weighted by Gasteiger charge is 2.30. The molecule has 0 saturated carbocycles. The van der Waals surface area contributed by atoms with Crippen molar-refractivity contribution in [3.63, 3.8) is 0 Å². The van der Waals surface area contributed by atoms with Crippen LogP contribution in [-0.2, 0) is 4.84 Å². The number of hydrogen-bond acceptors (Lipinski definition) is 6. The Morgan fingerprint density at radius 1 is 1.14 bits per heavy atom. The number of fused-ring (bicyclic) bond motifs is 1. The van der Waals surface area contributed by atoms with Crippen LogP contribution < -0.4 is 10.2 Å². The zero-order valence-corrected chi connectivity index (χ0v) is 19.8. The molecule has 3 aromatic rings. The second-order valence-corrected chi connectivity index (χ2v) is 9.13. The van der Waals surface area contributed by atoms with E-state index in [0.29, 0.717) is 61.9 Å². The molecule has 186 valence electrons. The molecule has 0 spiro atoms. The minimum atomic E-state index is -0.464. The number of rotatable bonds is 5. The minimum Gasteiger partial charge on any atom is -0.349 e. The molecule has 0 bridgehead atoms. The van der Waals surface area contributed by atoms with Gasteiger partial charge in [0.05, 0.1) is 18.3 Å². The highest BCUT2D eigenvalue weighted by molar-refractivity contribution is 5.93. The van der Waals surface area contributed by atoms with Gasteiger partial charge in [-0.15, -0.1) is 0 Å². The van der Waals surface area contributed by atoms with E-state index < -0.39 is 11.6 Å². The quantitative estimate of drug-likeness (QED) is 0.592. The lowest BCUT2D eigenvalue weighted by molar-refractivity contribution is -0.198. The van der Waals surface area contributed by atoms with E-state index in [9.17, 15) is 13.6 Å². The van der Waals surface area contributed by atoms with Crippen LogP contribution in [0, 0.1) is 11.6 Å². The highest BCUT2D eigenvalue weighted by atomic mass is 19.1. The van der Waals surface area contributed by atoms with E-state index in [1.54, 1.807) is 27.9 Å². The van der Waals surface area contributed by atoms with Crippen molar-refractivity contribution in [1.82, 2.24) is 24.6 Å². The van der Waals surface area contributed by atoms with Crippen molar-refractivity contribution in [1.29, 1.82) is 0 Å². The van der Waals surface area contributed by atoms with Gasteiger partial charge in [0.1, 0.15) is 23.1 Å². The molecule has 2 aromatic heterocycles. The summed E-state index contributed by atoms with van der Waals surface area (Å²) in [6.45, 7) is 6.99. The number of nitrogens with zero attached hydrogens (tertiary/aromatic N) is 6. The fourth-order valence-electron chi connectivity index (χ4n) is 4.73. The van der Waals surface area contributed by atoms with E-state index in [0.717, 1.165) is 18.6 Å². The van der Waals surface area contributed by atoms with E-state index in [4.69, 9.17) is 9.82 Å². The predicted molar refractivity (Wildman–Crippen MR) is 127 cm³/mol. The smallest absolute Gasteiger partial charge is 0.322 e. The molecular weight excluding hydrogens is 456 g/mol. The summed E-state index contributed by atoms with van der Waals surface area (Å²) in [5, 5.41) is 9.10. The first-order valence-electron chi connectivity index (χ1n) is 11.9. The molecular formula is C24H29F2N7O2. The number of benzene rings is 1. The number of hydrogen-bond donors (Lipinski definition) is 1. The van der Waals surface area contributed by atoms with Gasteiger partial charge in [-0.2, -0.15) is 10.2 Å². The largest absolute Gasteiger partial charge is 0.349 e. The van der Waals surface area contributed by atoms with E-state index in [1.807, 2.05) is 23.8 Å². The number of halogens is 2. The topological polar surface area (TPSA) is 78.2 Å². The molecule has 2 fully saturated rings. The van der Waals surface area contributed by atoms with Gasteiger partial charge in [0.25, 0.3) is 0 Å². The van der Waals surface area contributed by atoms with Crippen LogP contribution in [-0.4, -0.2) is 69.4 Å². The molecule has 4 heterocycles. The van der Waals surface area contributed by atoms with Gasteiger partial charge in [0.2, 0.25) is 0 Å². The Labute approximate surface area is 202 Å². The van der Waals surface area contributed by atoms with Crippen molar-refractivity contribution in [3.8, 4) is 0 Å². The highest BCUT2D eigenvalue weighted by Crippen LogP contribution is 2.37. The van der Waals surface area contributed by atoms with E-state index in [-0.39, 0.29) is 18.2 Å². The number of piperazine rings is 1. The van der Waals surface area contributed by atoms with Gasteiger partial charge in [0.15, 0.2) is 5.65 Å². The first kappa shape index (κ1) is 23.4. The molecule has 2 aliphatic heterocycles. The van der Waals surface area contributed by atoms with Crippen LogP contribution in [0.5, 0.6) is 0 Å². The summed E-state index contributed by atoms with van der Waals surface area (Å²) >= 11 is 0. The molecule has 2 amide bonds. The molecule has 2 saturated heterocycles. The number of carbonyl (C=O) groups is 1. The molecule has 9 nitrogen and oxygen atoms in total. The van der Waals surface area contributed by atoms with Crippen molar-refractivity contribution in [2.45, 2.75) is 38.8 Å². The number of anilines is 2. The van der Waals surface area contributed by atoms with Crippen LogP contribution >= 0.6 is 0 Å². The Balaban J connectivity index is 1.33. The van der Waals surface area contributed by atoms with Crippen molar-refractivity contribution in [3.05, 3.63) is 53.9 Å². The van der Waals surface area contributed by atoms with E-state index in [1.165, 1.54) is 6.07 Å². The fourth-order valence-corrected chi connectivity index (χ4v) is 4.73. The van der Waals surface area contributed by atoms with Crippen molar-refractivity contribution < 1.29 is 18.4 Å². The third-order valence-electron chi connectivity index (χ3n) is 6.35. The maximum Gasteiger partial charge on any atom is 0.322 e. The average molecular weight is 486 g/mol. The Hall–Kier alpha value is -3.31. The maximum atomic E-state index is 14.5. The number of amides is 2. The lowest BCUT2D eigenvalue weighted by Gasteiger charge is -2.34. The fraction of sp³-hybridized carbons (Fsp3) is 0.458. The molecule has 0 radical (unpaired) electrons. The number of carbonyl (C=O) groups excluding carboxylic acids is 1. The second-order valence-electron chi connectivity index (χ2n) is 9.13. The molecule has 35 heavy (non-hydrogen) atoms. The molecule has 2 aliphatic rings. The minimum absolute atomic E-state index is 0.0991.